The summed E-state index contributed by atoms with van der Waals surface area (Å²) in [7, 11) is 1.85. The van der Waals surface area contributed by atoms with E-state index in [4.69, 9.17) is 11.6 Å². The van der Waals surface area contributed by atoms with Gasteiger partial charge in [-0.15, -0.1) is 0 Å². The van der Waals surface area contributed by atoms with Crippen LogP contribution in [0.4, 0.5) is 0 Å². The number of nitrogens with zero attached hydrogens (tertiary/aromatic N) is 1. The maximum absolute atomic E-state index is 11.3. The van der Waals surface area contributed by atoms with Gasteiger partial charge in [0.1, 0.15) is 0 Å². The van der Waals surface area contributed by atoms with Gasteiger partial charge in [0.05, 0.1) is 16.1 Å². The number of para-hydroxylation sites is 1. The van der Waals surface area contributed by atoms with Crippen molar-refractivity contribution in [3.8, 4) is 0 Å². The van der Waals surface area contributed by atoms with Gasteiger partial charge in [0.2, 0.25) is 0 Å². The van der Waals surface area contributed by atoms with Crippen LogP contribution in [0.2, 0.25) is 5.02 Å². The van der Waals surface area contributed by atoms with Crippen LogP contribution < -0.4 is 0 Å². The van der Waals surface area contributed by atoms with E-state index in [1.54, 1.807) is 18.2 Å². The van der Waals surface area contributed by atoms with Crippen LogP contribution in [0.15, 0.2) is 18.2 Å². The molecule has 0 aliphatic carbocycles. The van der Waals surface area contributed by atoms with Gasteiger partial charge in [0.15, 0.2) is 0 Å². The third-order valence-electron chi connectivity index (χ3n) is 2.83. The predicted octanol–water partition coefficient (Wildman–Crippen LogP) is 3.09. The summed E-state index contributed by atoms with van der Waals surface area (Å²) < 4.78 is 1.86. The minimum Gasteiger partial charge on any atom is -0.478 e. The summed E-state index contributed by atoms with van der Waals surface area (Å²) >= 11 is 6.10. The van der Waals surface area contributed by atoms with Gasteiger partial charge in [-0.3, -0.25) is 0 Å². The molecular weight excluding hydrogens is 226 g/mol. The highest BCUT2D eigenvalue weighted by Gasteiger charge is 2.20. The van der Waals surface area contributed by atoms with Crippen molar-refractivity contribution in [1.29, 1.82) is 0 Å². The standard InChI is InChI=1S/C12H12ClNO2/c1-3-9-10(12(15)16)7-5-4-6-8(13)11(7)14(9)2/h4-6H,3H2,1-2H3,(H,15,16). The van der Waals surface area contributed by atoms with Crippen molar-refractivity contribution < 1.29 is 9.90 Å². The molecule has 4 heteroatoms. The molecule has 1 aromatic heterocycles. The quantitative estimate of drug-likeness (QED) is 0.872. The zero-order valence-electron chi connectivity index (χ0n) is 9.12. The summed E-state index contributed by atoms with van der Waals surface area (Å²) in [5.74, 6) is -0.898. The average Bonchev–Trinajstić information content (AvgIpc) is 2.52. The first-order valence-electron chi connectivity index (χ1n) is 5.07. The van der Waals surface area contributed by atoms with Gasteiger partial charge in [0.25, 0.3) is 0 Å². The highest BCUT2D eigenvalue weighted by molar-refractivity contribution is 6.35. The van der Waals surface area contributed by atoms with E-state index in [0.29, 0.717) is 22.4 Å². The average molecular weight is 238 g/mol. The van der Waals surface area contributed by atoms with Crippen molar-refractivity contribution in [2.45, 2.75) is 13.3 Å². The van der Waals surface area contributed by atoms with Gasteiger partial charge in [-0.25, -0.2) is 4.79 Å². The summed E-state index contributed by atoms with van der Waals surface area (Å²) in [6.07, 6.45) is 0.670. The van der Waals surface area contributed by atoms with Crippen LogP contribution in [0.25, 0.3) is 10.9 Å². The molecule has 0 aliphatic rings. The Morgan fingerprint density at radius 1 is 1.50 bits per heavy atom. The van der Waals surface area contributed by atoms with Crippen LogP contribution in [0.3, 0.4) is 0 Å². The van der Waals surface area contributed by atoms with Crippen LogP contribution >= 0.6 is 11.6 Å². The first kappa shape index (κ1) is 11.0. The summed E-state index contributed by atoms with van der Waals surface area (Å²) in [5, 5.41) is 10.5. The second-order valence-corrected chi connectivity index (χ2v) is 4.08. The lowest BCUT2D eigenvalue weighted by atomic mass is 10.1. The largest absolute Gasteiger partial charge is 0.478 e. The summed E-state index contributed by atoms with van der Waals surface area (Å²) in [6, 6.07) is 5.34. The fourth-order valence-corrected chi connectivity index (χ4v) is 2.47. The van der Waals surface area contributed by atoms with E-state index in [1.807, 2.05) is 18.5 Å². The molecule has 0 atom stereocenters. The first-order chi connectivity index (χ1) is 7.57. The zero-order valence-corrected chi connectivity index (χ0v) is 9.88. The number of carboxylic acids is 1. The molecule has 0 radical (unpaired) electrons. The van der Waals surface area contributed by atoms with E-state index in [-0.39, 0.29) is 0 Å². The lowest BCUT2D eigenvalue weighted by Crippen LogP contribution is -2.02. The van der Waals surface area contributed by atoms with E-state index >= 15 is 0 Å². The SMILES string of the molecule is CCc1c(C(=O)O)c2cccc(Cl)c2n1C. The molecule has 2 aromatic rings. The molecule has 1 N–H and O–H groups in total. The smallest absolute Gasteiger partial charge is 0.338 e. The van der Waals surface area contributed by atoms with E-state index in [2.05, 4.69) is 0 Å². The van der Waals surface area contributed by atoms with Gasteiger partial charge >= 0.3 is 5.97 Å². The van der Waals surface area contributed by atoms with Crippen molar-refractivity contribution in [1.82, 2.24) is 4.57 Å². The molecule has 0 unspecified atom stereocenters. The van der Waals surface area contributed by atoms with Crippen molar-refractivity contribution in [3.63, 3.8) is 0 Å². The zero-order chi connectivity index (χ0) is 11.9. The Hall–Kier alpha value is -1.48. The minimum absolute atomic E-state index is 0.363. The van der Waals surface area contributed by atoms with E-state index in [0.717, 1.165) is 11.2 Å². The lowest BCUT2D eigenvalue weighted by Gasteiger charge is -2.02. The van der Waals surface area contributed by atoms with Gasteiger partial charge in [-0.05, 0) is 12.5 Å². The molecule has 0 amide bonds. The van der Waals surface area contributed by atoms with Crippen molar-refractivity contribution in [2.24, 2.45) is 7.05 Å². The van der Waals surface area contributed by atoms with E-state index < -0.39 is 5.97 Å². The molecule has 84 valence electrons. The molecule has 0 fully saturated rings. The Bertz CT molecular complexity index is 572. The fourth-order valence-electron chi connectivity index (χ4n) is 2.17. The second kappa shape index (κ2) is 3.83. The molecule has 1 aromatic carbocycles. The number of halogens is 1. The fraction of sp³-hybridized carbons (Fsp3) is 0.250. The van der Waals surface area contributed by atoms with Crippen molar-refractivity contribution >= 4 is 28.5 Å². The van der Waals surface area contributed by atoms with Gasteiger partial charge < -0.3 is 9.67 Å². The highest BCUT2D eigenvalue weighted by atomic mass is 35.5. The first-order valence-corrected chi connectivity index (χ1v) is 5.44. The van der Waals surface area contributed by atoms with Crippen LogP contribution in [-0.2, 0) is 13.5 Å². The van der Waals surface area contributed by atoms with Gasteiger partial charge in [-0.1, -0.05) is 30.7 Å². The second-order valence-electron chi connectivity index (χ2n) is 3.68. The Balaban J connectivity index is 2.97. The Labute approximate surface area is 98.3 Å². The van der Waals surface area contributed by atoms with Crippen molar-refractivity contribution in [2.75, 3.05) is 0 Å². The third-order valence-corrected chi connectivity index (χ3v) is 3.14. The number of hydrogen-bond donors (Lipinski definition) is 1. The Morgan fingerprint density at radius 2 is 2.19 bits per heavy atom. The van der Waals surface area contributed by atoms with E-state index in [9.17, 15) is 9.90 Å². The van der Waals surface area contributed by atoms with E-state index in [1.165, 1.54) is 0 Å². The topological polar surface area (TPSA) is 42.2 Å². The third kappa shape index (κ3) is 1.39. The van der Waals surface area contributed by atoms with Crippen molar-refractivity contribution in [3.05, 3.63) is 34.5 Å². The van der Waals surface area contributed by atoms with Gasteiger partial charge in [0, 0.05) is 18.1 Å². The number of aromatic carboxylic acids is 1. The molecule has 0 saturated carbocycles. The Kier molecular flexibility index (Phi) is 2.64. The van der Waals surface area contributed by atoms with Crippen LogP contribution in [0, 0.1) is 0 Å². The molecule has 0 bridgehead atoms. The number of fused-ring (bicyclic) bond motifs is 1. The summed E-state index contributed by atoms with van der Waals surface area (Å²) in [6.45, 7) is 1.94. The number of rotatable bonds is 2. The summed E-state index contributed by atoms with van der Waals surface area (Å²) in [5.41, 5.74) is 1.96. The normalized spacial score (nSPS) is 10.9. The molecule has 3 nitrogen and oxygen atoms in total. The maximum Gasteiger partial charge on any atom is 0.338 e. The maximum atomic E-state index is 11.3. The Morgan fingerprint density at radius 3 is 2.75 bits per heavy atom. The lowest BCUT2D eigenvalue weighted by molar-refractivity contribution is 0.0697. The number of aryl methyl sites for hydroxylation is 1. The van der Waals surface area contributed by atoms with Crippen LogP contribution in [0.1, 0.15) is 23.0 Å². The monoisotopic (exact) mass is 237 g/mol. The molecule has 1 heterocycles. The van der Waals surface area contributed by atoms with Gasteiger partial charge in [-0.2, -0.15) is 0 Å². The number of aromatic nitrogens is 1. The molecule has 0 aliphatic heterocycles. The van der Waals surface area contributed by atoms with Crippen LogP contribution in [0.5, 0.6) is 0 Å². The summed E-state index contributed by atoms with van der Waals surface area (Å²) in [4.78, 5) is 11.3. The molecule has 0 spiro atoms. The van der Waals surface area contributed by atoms with Crippen LogP contribution in [-0.4, -0.2) is 15.6 Å². The molecule has 2 rings (SSSR count). The number of carbonyl (C=O) groups is 1. The number of carboxylic acid groups (broad SMARTS) is 1. The minimum atomic E-state index is -0.898. The molecular formula is C12H12ClNO2. The number of benzene rings is 1. The highest BCUT2D eigenvalue weighted by Crippen LogP contribution is 2.30. The molecule has 0 saturated heterocycles. The predicted molar refractivity (Wildman–Crippen MR) is 64.3 cm³/mol. The molecule has 16 heavy (non-hydrogen) atoms. The number of hydrogen-bond acceptors (Lipinski definition) is 1.